The lowest BCUT2D eigenvalue weighted by Crippen LogP contribution is -2.19. The molecule has 6 nitrogen and oxygen atoms in total. The standard InChI is InChI=1S/C23H28N2O4.ClH/c1-3-16-24(2)17-6-4-5-7-18-29-22-14-10-20(11-15-22)23(26)19-8-12-21(13-9-19)25(27)28;/h3,8-15H,1,4-7,16-18H2,2H3;1H. The maximum atomic E-state index is 12.5. The van der Waals surface area contributed by atoms with Crippen LogP contribution in [0, 0.1) is 10.1 Å². The quantitative estimate of drug-likeness (QED) is 0.141. The average molecular weight is 433 g/mol. The number of rotatable bonds is 13. The van der Waals surface area contributed by atoms with Crippen LogP contribution in [0.4, 0.5) is 5.69 Å². The Morgan fingerprint density at radius 2 is 1.60 bits per heavy atom. The number of likely N-dealkylation sites (N-methyl/N-ethyl adjacent to an activating group) is 1. The Hall–Kier alpha value is -2.70. The minimum atomic E-state index is -0.484. The molecule has 7 heteroatoms. The highest BCUT2D eigenvalue weighted by atomic mass is 35.5. The molecule has 0 bridgehead atoms. The van der Waals surface area contributed by atoms with E-state index in [2.05, 4.69) is 18.5 Å². The molecule has 0 radical (unpaired) electrons. The molecule has 2 aromatic rings. The second-order valence-corrected chi connectivity index (χ2v) is 6.97. The van der Waals surface area contributed by atoms with Crippen LogP contribution in [0.25, 0.3) is 0 Å². The summed E-state index contributed by atoms with van der Waals surface area (Å²) in [5.74, 6) is 0.559. The zero-order valence-corrected chi connectivity index (χ0v) is 18.1. The summed E-state index contributed by atoms with van der Waals surface area (Å²) < 4.78 is 5.74. The summed E-state index contributed by atoms with van der Waals surface area (Å²) >= 11 is 0. The van der Waals surface area contributed by atoms with E-state index in [0.717, 1.165) is 31.7 Å². The molecule has 0 aliphatic rings. The van der Waals surface area contributed by atoms with E-state index in [1.807, 2.05) is 6.08 Å². The Bertz CT molecular complexity index is 807. The zero-order chi connectivity index (χ0) is 21.1. The van der Waals surface area contributed by atoms with Crippen LogP contribution in [-0.2, 0) is 0 Å². The van der Waals surface area contributed by atoms with E-state index in [1.165, 1.54) is 37.1 Å². The molecule has 0 N–H and O–H groups in total. The summed E-state index contributed by atoms with van der Waals surface area (Å²) in [5, 5.41) is 10.7. The number of nitro benzene ring substituents is 1. The Kier molecular flexibility index (Phi) is 11.4. The van der Waals surface area contributed by atoms with Crippen LogP contribution in [0.3, 0.4) is 0 Å². The Morgan fingerprint density at radius 3 is 2.17 bits per heavy atom. The van der Waals surface area contributed by atoms with Crippen LogP contribution >= 0.6 is 12.4 Å². The van der Waals surface area contributed by atoms with Gasteiger partial charge >= 0.3 is 0 Å². The first-order chi connectivity index (χ1) is 14.0. The van der Waals surface area contributed by atoms with Crippen molar-refractivity contribution in [3.63, 3.8) is 0 Å². The molecule has 0 amide bonds. The SMILES string of the molecule is C=CCN(C)CCCCCCOc1ccc(C(=O)c2ccc([N+](=O)[O-])cc2)cc1.Cl. The third kappa shape index (κ3) is 8.35. The summed E-state index contributed by atoms with van der Waals surface area (Å²) in [7, 11) is 2.10. The lowest BCUT2D eigenvalue weighted by molar-refractivity contribution is -0.384. The summed E-state index contributed by atoms with van der Waals surface area (Å²) in [4.78, 5) is 24.9. The maximum absolute atomic E-state index is 12.5. The molecular formula is C23H29ClN2O4. The summed E-state index contributed by atoms with van der Waals surface area (Å²) in [6, 6.07) is 12.6. The van der Waals surface area contributed by atoms with Crippen molar-refractivity contribution in [1.29, 1.82) is 0 Å². The van der Waals surface area contributed by atoms with Gasteiger partial charge in [-0.1, -0.05) is 18.9 Å². The Morgan fingerprint density at radius 1 is 1.03 bits per heavy atom. The van der Waals surface area contributed by atoms with Crippen LogP contribution < -0.4 is 4.74 Å². The van der Waals surface area contributed by atoms with Crippen molar-refractivity contribution in [3.8, 4) is 5.75 Å². The number of benzene rings is 2. The number of ether oxygens (including phenoxy) is 1. The monoisotopic (exact) mass is 432 g/mol. The fraction of sp³-hybridized carbons (Fsp3) is 0.348. The topological polar surface area (TPSA) is 72.7 Å². The van der Waals surface area contributed by atoms with Gasteiger partial charge in [-0.2, -0.15) is 0 Å². The van der Waals surface area contributed by atoms with Gasteiger partial charge in [0.05, 0.1) is 11.5 Å². The number of non-ortho nitro benzene ring substituents is 1. The van der Waals surface area contributed by atoms with Gasteiger partial charge in [0.1, 0.15) is 5.75 Å². The molecule has 162 valence electrons. The molecule has 0 fully saturated rings. The third-order valence-electron chi connectivity index (χ3n) is 4.60. The second-order valence-electron chi connectivity index (χ2n) is 6.97. The van der Waals surface area contributed by atoms with Gasteiger partial charge in [0, 0.05) is 29.8 Å². The van der Waals surface area contributed by atoms with Crippen molar-refractivity contribution in [2.24, 2.45) is 0 Å². The second kappa shape index (κ2) is 13.5. The number of carbonyl (C=O) groups is 1. The van der Waals surface area contributed by atoms with Gasteiger partial charge < -0.3 is 9.64 Å². The number of nitro groups is 1. The largest absolute Gasteiger partial charge is 0.494 e. The van der Waals surface area contributed by atoms with Crippen molar-refractivity contribution in [3.05, 3.63) is 82.4 Å². The number of halogens is 1. The third-order valence-corrected chi connectivity index (χ3v) is 4.60. The molecule has 0 aliphatic heterocycles. The van der Waals surface area contributed by atoms with E-state index in [9.17, 15) is 14.9 Å². The van der Waals surface area contributed by atoms with Gasteiger partial charge in [-0.3, -0.25) is 14.9 Å². The van der Waals surface area contributed by atoms with Crippen molar-refractivity contribution in [2.45, 2.75) is 25.7 Å². The van der Waals surface area contributed by atoms with Gasteiger partial charge in [-0.05, 0) is 62.8 Å². The minimum Gasteiger partial charge on any atom is -0.494 e. The number of unbranched alkanes of at least 4 members (excludes halogenated alkanes) is 3. The molecule has 0 spiro atoms. The van der Waals surface area contributed by atoms with E-state index in [0.29, 0.717) is 17.7 Å². The lowest BCUT2D eigenvalue weighted by atomic mass is 10.0. The predicted octanol–water partition coefficient (Wildman–Crippen LogP) is 5.30. The van der Waals surface area contributed by atoms with Crippen LogP contribution in [-0.4, -0.2) is 42.4 Å². The van der Waals surface area contributed by atoms with E-state index >= 15 is 0 Å². The van der Waals surface area contributed by atoms with Crippen LogP contribution in [0.1, 0.15) is 41.6 Å². The normalized spacial score (nSPS) is 10.3. The molecule has 0 aliphatic carbocycles. The number of hydrogen-bond acceptors (Lipinski definition) is 5. The van der Waals surface area contributed by atoms with Gasteiger partial charge in [0.25, 0.3) is 5.69 Å². The predicted molar refractivity (Wildman–Crippen MR) is 122 cm³/mol. The lowest BCUT2D eigenvalue weighted by Gasteiger charge is -2.13. The summed E-state index contributed by atoms with van der Waals surface area (Å²) in [5.41, 5.74) is 0.909. The van der Waals surface area contributed by atoms with Crippen molar-refractivity contribution in [2.75, 3.05) is 26.7 Å². The fourth-order valence-corrected chi connectivity index (χ4v) is 2.94. The smallest absolute Gasteiger partial charge is 0.269 e. The highest BCUT2D eigenvalue weighted by Crippen LogP contribution is 2.18. The molecule has 2 aromatic carbocycles. The molecule has 30 heavy (non-hydrogen) atoms. The molecule has 0 unspecified atom stereocenters. The van der Waals surface area contributed by atoms with E-state index < -0.39 is 4.92 Å². The number of hydrogen-bond donors (Lipinski definition) is 0. The fourth-order valence-electron chi connectivity index (χ4n) is 2.94. The number of ketones is 1. The van der Waals surface area contributed by atoms with Gasteiger partial charge in [0.2, 0.25) is 0 Å². The van der Waals surface area contributed by atoms with Crippen molar-refractivity contribution >= 4 is 23.9 Å². The van der Waals surface area contributed by atoms with Crippen LogP contribution in [0.5, 0.6) is 5.75 Å². The molecule has 0 saturated carbocycles. The number of carbonyl (C=O) groups excluding carboxylic acids is 1. The molecule has 0 aromatic heterocycles. The molecule has 2 rings (SSSR count). The van der Waals surface area contributed by atoms with Crippen LogP contribution in [0.2, 0.25) is 0 Å². The molecule has 0 heterocycles. The van der Waals surface area contributed by atoms with Gasteiger partial charge in [-0.25, -0.2) is 0 Å². The van der Waals surface area contributed by atoms with Gasteiger partial charge in [-0.15, -0.1) is 19.0 Å². The minimum absolute atomic E-state index is 0. The molecule has 0 saturated heterocycles. The highest BCUT2D eigenvalue weighted by molar-refractivity contribution is 6.09. The number of nitrogens with zero attached hydrogens (tertiary/aromatic N) is 2. The summed E-state index contributed by atoms with van der Waals surface area (Å²) in [6.45, 7) is 6.39. The first kappa shape index (κ1) is 25.3. The molecular weight excluding hydrogens is 404 g/mol. The maximum Gasteiger partial charge on any atom is 0.269 e. The van der Waals surface area contributed by atoms with Crippen molar-refractivity contribution < 1.29 is 14.5 Å². The first-order valence-corrected chi connectivity index (χ1v) is 9.82. The van der Waals surface area contributed by atoms with E-state index in [-0.39, 0.29) is 23.9 Å². The summed E-state index contributed by atoms with van der Waals surface area (Å²) in [6.07, 6.45) is 6.38. The Labute approximate surface area is 184 Å². The van der Waals surface area contributed by atoms with Gasteiger partial charge in [0.15, 0.2) is 5.78 Å². The Balaban J connectivity index is 0.00000450. The van der Waals surface area contributed by atoms with E-state index in [4.69, 9.17) is 4.74 Å². The van der Waals surface area contributed by atoms with Crippen LogP contribution in [0.15, 0.2) is 61.2 Å². The average Bonchev–Trinajstić information content (AvgIpc) is 2.73. The van der Waals surface area contributed by atoms with Crippen molar-refractivity contribution in [1.82, 2.24) is 4.90 Å². The van der Waals surface area contributed by atoms with E-state index in [1.54, 1.807) is 24.3 Å². The first-order valence-electron chi connectivity index (χ1n) is 9.82. The molecule has 0 atom stereocenters. The zero-order valence-electron chi connectivity index (χ0n) is 17.3. The highest BCUT2D eigenvalue weighted by Gasteiger charge is 2.11.